The van der Waals surface area contributed by atoms with Crippen LogP contribution in [0.15, 0.2) is 70.5 Å². The molecule has 174 valence electrons. The van der Waals surface area contributed by atoms with E-state index in [9.17, 15) is 8.42 Å². The predicted octanol–water partition coefficient (Wildman–Crippen LogP) is 4.22. The van der Waals surface area contributed by atoms with Crippen LogP contribution >= 0.6 is 0 Å². The van der Waals surface area contributed by atoms with Crippen molar-refractivity contribution >= 4 is 15.5 Å². The van der Waals surface area contributed by atoms with Gasteiger partial charge in [-0.05, 0) is 85.0 Å². The van der Waals surface area contributed by atoms with Gasteiger partial charge >= 0.3 is 0 Å². The molecule has 0 N–H and O–H groups in total. The van der Waals surface area contributed by atoms with Crippen LogP contribution in [-0.2, 0) is 29.1 Å². The van der Waals surface area contributed by atoms with Gasteiger partial charge in [-0.1, -0.05) is 24.3 Å². The maximum Gasteiger partial charge on any atom is 0.208 e. The van der Waals surface area contributed by atoms with Gasteiger partial charge in [0.15, 0.2) is 0 Å². The number of hydrogen-bond acceptors (Lipinski definition) is 5. The Balaban J connectivity index is 1.64. The van der Waals surface area contributed by atoms with Gasteiger partial charge in [0, 0.05) is 27.2 Å². The molecule has 0 bridgehead atoms. The topological polar surface area (TPSA) is 49.9 Å². The quantitative estimate of drug-likeness (QED) is 0.547. The second-order valence-corrected chi connectivity index (χ2v) is 10.9. The minimum Gasteiger partial charge on any atom is -0.497 e. The molecule has 1 heterocycles. The molecule has 4 rings (SSSR count). The lowest BCUT2D eigenvalue weighted by Gasteiger charge is -2.21. The molecular formula is C27H32N2O3S. The van der Waals surface area contributed by atoms with E-state index < -0.39 is 9.84 Å². The minimum atomic E-state index is -3.64. The van der Waals surface area contributed by atoms with Crippen molar-refractivity contribution in [2.75, 3.05) is 46.2 Å². The number of hydrogen-bond donors (Lipinski definition) is 0. The molecule has 0 aliphatic carbocycles. The van der Waals surface area contributed by atoms with Gasteiger partial charge in [-0.25, -0.2) is 8.42 Å². The second kappa shape index (κ2) is 9.57. The summed E-state index contributed by atoms with van der Waals surface area (Å²) in [6.45, 7) is 1.93. The standard InChI is InChI=1S/C27H32N2O3S/c1-28(2)26-18-22-13-15-29(3)16-14-23(22)19-27(26)33(30,31)25-11-7-21(8-12-25)17-20-5-9-24(32-4)10-6-20/h5-12,18-19H,13-17H2,1-4H3. The molecule has 0 saturated heterocycles. The van der Waals surface area contributed by atoms with Crippen LogP contribution in [0.1, 0.15) is 22.3 Å². The maximum atomic E-state index is 13.7. The zero-order valence-electron chi connectivity index (χ0n) is 19.8. The van der Waals surface area contributed by atoms with E-state index in [1.54, 1.807) is 19.2 Å². The fraction of sp³-hybridized carbons (Fsp3) is 0.333. The third-order valence-corrected chi connectivity index (χ3v) is 8.18. The Morgan fingerprint density at radius 1 is 0.879 bits per heavy atom. The van der Waals surface area contributed by atoms with E-state index in [2.05, 4.69) is 18.0 Å². The highest BCUT2D eigenvalue weighted by molar-refractivity contribution is 7.91. The lowest BCUT2D eigenvalue weighted by Crippen LogP contribution is -2.20. The number of sulfone groups is 1. The Bertz CT molecular complexity index is 1220. The average molecular weight is 465 g/mol. The molecule has 3 aromatic carbocycles. The third-order valence-electron chi connectivity index (χ3n) is 6.38. The van der Waals surface area contributed by atoms with Crippen LogP contribution in [0, 0.1) is 0 Å². The monoisotopic (exact) mass is 464 g/mol. The lowest BCUT2D eigenvalue weighted by molar-refractivity contribution is 0.352. The van der Waals surface area contributed by atoms with Crippen LogP contribution < -0.4 is 9.64 Å². The Morgan fingerprint density at radius 3 is 1.97 bits per heavy atom. The van der Waals surface area contributed by atoms with Gasteiger partial charge in [-0.2, -0.15) is 0 Å². The molecule has 0 spiro atoms. The fourth-order valence-corrected chi connectivity index (χ4v) is 5.87. The summed E-state index contributed by atoms with van der Waals surface area (Å²) >= 11 is 0. The van der Waals surface area contributed by atoms with Crippen LogP contribution in [0.4, 0.5) is 5.69 Å². The lowest BCUT2D eigenvalue weighted by atomic mass is 10.0. The largest absolute Gasteiger partial charge is 0.497 e. The molecule has 0 saturated carbocycles. The molecule has 0 atom stereocenters. The van der Waals surface area contributed by atoms with E-state index in [1.807, 2.05) is 61.5 Å². The highest BCUT2D eigenvalue weighted by atomic mass is 32.2. The number of methoxy groups -OCH3 is 1. The highest BCUT2D eigenvalue weighted by Crippen LogP contribution is 2.34. The first-order valence-electron chi connectivity index (χ1n) is 11.3. The summed E-state index contributed by atoms with van der Waals surface area (Å²) in [5.74, 6) is 0.823. The van der Waals surface area contributed by atoms with Crippen LogP contribution in [0.25, 0.3) is 0 Å². The van der Waals surface area contributed by atoms with E-state index >= 15 is 0 Å². The molecular weight excluding hydrogens is 432 g/mol. The Labute approximate surface area is 197 Å². The second-order valence-electron chi connectivity index (χ2n) is 8.96. The van der Waals surface area contributed by atoms with E-state index in [4.69, 9.17) is 4.74 Å². The average Bonchev–Trinajstić information content (AvgIpc) is 3.00. The van der Waals surface area contributed by atoms with Crippen molar-refractivity contribution in [2.45, 2.75) is 29.1 Å². The van der Waals surface area contributed by atoms with Crippen LogP contribution in [0.2, 0.25) is 0 Å². The van der Waals surface area contributed by atoms with Crippen molar-refractivity contribution in [1.82, 2.24) is 4.90 Å². The number of anilines is 1. The molecule has 6 heteroatoms. The van der Waals surface area contributed by atoms with Gasteiger partial charge in [-0.15, -0.1) is 0 Å². The first kappa shape index (κ1) is 23.3. The molecule has 0 aromatic heterocycles. The number of likely N-dealkylation sites (N-methyl/N-ethyl adjacent to an activating group) is 1. The van der Waals surface area contributed by atoms with Gasteiger partial charge in [0.2, 0.25) is 9.84 Å². The van der Waals surface area contributed by atoms with E-state index in [1.165, 1.54) is 5.56 Å². The van der Waals surface area contributed by atoms with Crippen LogP contribution in [0.3, 0.4) is 0 Å². The number of nitrogens with zero attached hydrogens (tertiary/aromatic N) is 2. The maximum absolute atomic E-state index is 13.7. The summed E-state index contributed by atoms with van der Waals surface area (Å²) in [5.41, 5.74) is 5.35. The van der Waals surface area contributed by atoms with Crippen molar-refractivity contribution in [2.24, 2.45) is 0 Å². The van der Waals surface area contributed by atoms with Gasteiger partial charge in [-0.3, -0.25) is 0 Å². The van der Waals surface area contributed by atoms with E-state index in [0.29, 0.717) is 9.79 Å². The van der Waals surface area contributed by atoms with Crippen molar-refractivity contribution in [3.8, 4) is 5.75 Å². The van der Waals surface area contributed by atoms with Gasteiger partial charge < -0.3 is 14.5 Å². The first-order chi connectivity index (χ1) is 15.8. The zero-order chi connectivity index (χ0) is 23.6. The third kappa shape index (κ3) is 5.07. The summed E-state index contributed by atoms with van der Waals surface area (Å²) in [5, 5.41) is 0. The number of benzene rings is 3. The smallest absolute Gasteiger partial charge is 0.208 e. The summed E-state index contributed by atoms with van der Waals surface area (Å²) < 4.78 is 32.6. The number of rotatable bonds is 6. The predicted molar refractivity (Wildman–Crippen MR) is 133 cm³/mol. The molecule has 33 heavy (non-hydrogen) atoms. The minimum absolute atomic E-state index is 0.328. The first-order valence-corrected chi connectivity index (χ1v) is 12.7. The summed E-state index contributed by atoms with van der Waals surface area (Å²) in [4.78, 5) is 4.92. The fourth-order valence-electron chi connectivity index (χ4n) is 4.31. The van der Waals surface area contributed by atoms with E-state index in [0.717, 1.165) is 60.5 Å². The van der Waals surface area contributed by atoms with E-state index in [-0.39, 0.29) is 0 Å². The van der Waals surface area contributed by atoms with Crippen LogP contribution in [-0.4, -0.2) is 54.7 Å². The van der Waals surface area contributed by atoms with Crippen molar-refractivity contribution in [3.63, 3.8) is 0 Å². The molecule has 1 aliphatic heterocycles. The van der Waals surface area contributed by atoms with Gasteiger partial charge in [0.25, 0.3) is 0 Å². The SMILES string of the molecule is COc1ccc(Cc2ccc(S(=O)(=O)c3cc4c(cc3N(C)C)CCN(C)CC4)cc2)cc1. The van der Waals surface area contributed by atoms with Crippen molar-refractivity contribution in [3.05, 3.63) is 82.9 Å². The van der Waals surface area contributed by atoms with Crippen molar-refractivity contribution < 1.29 is 13.2 Å². The summed E-state index contributed by atoms with van der Waals surface area (Å²) in [6.07, 6.45) is 2.54. The molecule has 5 nitrogen and oxygen atoms in total. The Hall–Kier alpha value is -2.83. The zero-order valence-corrected chi connectivity index (χ0v) is 20.7. The molecule has 0 fully saturated rings. The van der Waals surface area contributed by atoms with Gasteiger partial charge in [0.05, 0.1) is 22.6 Å². The molecule has 0 amide bonds. The number of ether oxygens (including phenoxy) is 1. The molecule has 0 unspecified atom stereocenters. The Morgan fingerprint density at radius 2 is 1.42 bits per heavy atom. The van der Waals surface area contributed by atoms with Crippen molar-refractivity contribution in [1.29, 1.82) is 0 Å². The normalized spacial score (nSPS) is 14.4. The Kier molecular flexibility index (Phi) is 6.77. The molecule has 3 aromatic rings. The molecule has 1 aliphatic rings. The summed E-state index contributed by atoms with van der Waals surface area (Å²) in [6, 6.07) is 19.2. The summed E-state index contributed by atoms with van der Waals surface area (Å²) in [7, 11) is 3.93. The molecule has 0 radical (unpaired) electrons. The van der Waals surface area contributed by atoms with Crippen LogP contribution in [0.5, 0.6) is 5.75 Å². The highest BCUT2D eigenvalue weighted by Gasteiger charge is 2.25. The van der Waals surface area contributed by atoms with Gasteiger partial charge in [0.1, 0.15) is 5.75 Å². The number of fused-ring (bicyclic) bond motifs is 1.